The summed E-state index contributed by atoms with van der Waals surface area (Å²) in [5.41, 5.74) is 0. The van der Waals surface area contributed by atoms with Gasteiger partial charge in [-0.15, -0.1) is 0 Å². The monoisotopic (exact) mass is 265 g/mol. The molecule has 0 aromatic rings. The Kier molecular flexibility index (Phi) is 5.20. The zero-order chi connectivity index (χ0) is 12.9. The van der Waals surface area contributed by atoms with Crippen LogP contribution in [0.1, 0.15) is 32.6 Å². The maximum atomic E-state index is 11.2. The summed E-state index contributed by atoms with van der Waals surface area (Å²) in [7, 11) is -3.38. The summed E-state index contributed by atoms with van der Waals surface area (Å²) in [6, 6.07) is 0.0495. The number of ether oxygens (including phenoxy) is 1. The van der Waals surface area contributed by atoms with Gasteiger partial charge in [-0.3, -0.25) is 4.18 Å². The largest absolute Gasteiger partial charge is 0.450 e. The maximum absolute atomic E-state index is 11.2. The van der Waals surface area contributed by atoms with Crippen LogP contribution in [-0.2, 0) is 19.0 Å². The van der Waals surface area contributed by atoms with Crippen LogP contribution in [0.15, 0.2) is 0 Å². The minimum Gasteiger partial charge on any atom is -0.450 e. The first-order valence-electron chi connectivity index (χ1n) is 5.72. The van der Waals surface area contributed by atoms with E-state index in [1.165, 1.54) is 0 Å². The van der Waals surface area contributed by atoms with Crippen LogP contribution in [0.25, 0.3) is 0 Å². The molecule has 1 aliphatic rings. The van der Waals surface area contributed by atoms with Gasteiger partial charge in [-0.1, -0.05) is 0 Å². The van der Waals surface area contributed by atoms with Gasteiger partial charge >= 0.3 is 6.09 Å². The molecular formula is C10H19NO5S. The zero-order valence-corrected chi connectivity index (χ0v) is 11.0. The highest BCUT2D eigenvalue weighted by Crippen LogP contribution is 2.22. The number of alkyl carbamates (subject to hydrolysis) is 1. The van der Waals surface area contributed by atoms with Gasteiger partial charge in [-0.05, 0) is 32.6 Å². The molecule has 0 spiro atoms. The van der Waals surface area contributed by atoms with Crippen molar-refractivity contribution in [1.29, 1.82) is 0 Å². The molecule has 1 amide bonds. The molecule has 0 aliphatic heterocycles. The number of hydrogen-bond acceptors (Lipinski definition) is 5. The number of rotatable bonds is 4. The molecule has 0 bridgehead atoms. The van der Waals surface area contributed by atoms with E-state index in [-0.39, 0.29) is 12.1 Å². The fourth-order valence-electron chi connectivity index (χ4n) is 1.89. The van der Waals surface area contributed by atoms with E-state index in [9.17, 15) is 13.2 Å². The lowest BCUT2D eigenvalue weighted by Crippen LogP contribution is -2.39. The zero-order valence-electron chi connectivity index (χ0n) is 10.1. The summed E-state index contributed by atoms with van der Waals surface area (Å²) in [5, 5.41) is 2.74. The molecule has 0 heterocycles. The topological polar surface area (TPSA) is 81.7 Å². The summed E-state index contributed by atoms with van der Waals surface area (Å²) in [6.07, 6.45) is 3.05. The molecule has 7 heteroatoms. The van der Waals surface area contributed by atoms with Gasteiger partial charge in [0.05, 0.1) is 19.0 Å². The second kappa shape index (κ2) is 6.20. The molecule has 1 aliphatic carbocycles. The Morgan fingerprint density at radius 1 is 1.29 bits per heavy atom. The van der Waals surface area contributed by atoms with E-state index >= 15 is 0 Å². The first-order valence-corrected chi connectivity index (χ1v) is 7.54. The Morgan fingerprint density at radius 3 is 2.35 bits per heavy atom. The molecular weight excluding hydrogens is 246 g/mol. The van der Waals surface area contributed by atoms with Crippen LogP contribution in [0.5, 0.6) is 0 Å². The summed E-state index contributed by atoms with van der Waals surface area (Å²) in [4.78, 5) is 11.2. The van der Waals surface area contributed by atoms with Crippen molar-refractivity contribution < 1.29 is 22.1 Å². The Morgan fingerprint density at radius 2 is 1.88 bits per heavy atom. The Hall–Kier alpha value is -0.820. The van der Waals surface area contributed by atoms with Crippen molar-refractivity contribution in [2.45, 2.75) is 44.8 Å². The van der Waals surface area contributed by atoms with E-state index < -0.39 is 16.2 Å². The third-order valence-corrected chi connectivity index (χ3v) is 3.20. The number of amides is 1. The molecule has 1 rings (SSSR count). The van der Waals surface area contributed by atoms with Crippen molar-refractivity contribution in [2.75, 3.05) is 12.9 Å². The van der Waals surface area contributed by atoms with Crippen molar-refractivity contribution >= 4 is 16.2 Å². The van der Waals surface area contributed by atoms with Crippen LogP contribution >= 0.6 is 0 Å². The van der Waals surface area contributed by atoms with E-state index in [0.717, 1.165) is 6.26 Å². The van der Waals surface area contributed by atoms with Gasteiger partial charge < -0.3 is 10.1 Å². The van der Waals surface area contributed by atoms with Crippen LogP contribution in [-0.4, -0.2) is 39.5 Å². The number of nitrogens with one attached hydrogen (secondary N) is 1. The minimum absolute atomic E-state index is 0.0495. The molecule has 1 fully saturated rings. The minimum atomic E-state index is -3.38. The van der Waals surface area contributed by atoms with Crippen molar-refractivity contribution in [1.82, 2.24) is 5.32 Å². The number of hydrogen-bond donors (Lipinski definition) is 1. The van der Waals surface area contributed by atoms with Crippen LogP contribution in [0, 0.1) is 0 Å². The lowest BCUT2D eigenvalue weighted by atomic mass is 9.93. The molecule has 17 heavy (non-hydrogen) atoms. The predicted octanol–water partition coefficient (Wildman–Crippen LogP) is 1.02. The van der Waals surface area contributed by atoms with Gasteiger partial charge in [0.25, 0.3) is 10.1 Å². The molecule has 1 saturated carbocycles. The average molecular weight is 265 g/mol. The van der Waals surface area contributed by atoms with Gasteiger partial charge in [0.2, 0.25) is 0 Å². The molecule has 0 radical (unpaired) electrons. The van der Waals surface area contributed by atoms with E-state index in [2.05, 4.69) is 5.32 Å². The van der Waals surface area contributed by atoms with E-state index in [4.69, 9.17) is 8.92 Å². The average Bonchev–Trinajstić information content (AvgIpc) is 2.19. The smallest absolute Gasteiger partial charge is 0.407 e. The third-order valence-electron chi connectivity index (χ3n) is 2.58. The Labute approximate surface area is 102 Å². The quantitative estimate of drug-likeness (QED) is 0.767. The van der Waals surface area contributed by atoms with Crippen LogP contribution < -0.4 is 5.32 Å². The molecule has 1 N–H and O–H groups in total. The fourth-order valence-corrected chi connectivity index (χ4v) is 2.58. The second-order valence-corrected chi connectivity index (χ2v) is 5.74. The van der Waals surface area contributed by atoms with E-state index in [1.54, 1.807) is 6.92 Å². The highest BCUT2D eigenvalue weighted by atomic mass is 32.2. The molecule has 0 aromatic heterocycles. The third kappa shape index (κ3) is 5.88. The summed E-state index contributed by atoms with van der Waals surface area (Å²) in [6.45, 7) is 2.09. The van der Waals surface area contributed by atoms with Gasteiger partial charge in [-0.25, -0.2) is 4.79 Å². The van der Waals surface area contributed by atoms with Gasteiger partial charge in [0.1, 0.15) is 0 Å². The van der Waals surface area contributed by atoms with Gasteiger partial charge in [0, 0.05) is 6.04 Å². The first kappa shape index (κ1) is 14.2. The predicted molar refractivity (Wildman–Crippen MR) is 62.1 cm³/mol. The van der Waals surface area contributed by atoms with Gasteiger partial charge in [0.15, 0.2) is 0 Å². The van der Waals surface area contributed by atoms with Crippen molar-refractivity contribution in [2.24, 2.45) is 0 Å². The van der Waals surface area contributed by atoms with Crippen LogP contribution in [0.3, 0.4) is 0 Å². The molecule has 6 nitrogen and oxygen atoms in total. The normalized spacial score (nSPS) is 25.3. The van der Waals surface area contributed by atoms with E-state index in [0.29, 0.717) is 32.3 Å². The van der Waals surface area contributed by atoms with Crippen molar-refractivity contribution in [3.8, 4) is 0 Å². The molecule has 0 aromatic carbocycles. The summed E-state index contributed by atoms with van der Waals surface area (Å²) >= 11 is 0. The lowest BCUT2D eigenvalue weighted by molar-refractivity contribution is 0.126. The van der Waals surface area contributed by atoms with Gasteiger partial charge in [-0.2, -0.15) is 8.42 Å². The Balaban J connectivity index is 2.28. The molecule has 100 valence electrons. The SMILES string of the molecule is CCOC(=O)N[C@H]1CC[C@H](OS(C)(=O)=O)CC1. The first-order chi connectivity index (χ1) is 7.90. The lowest BCUT2D eigenvalue weighted by Gasteiger charge is -2.27. The second-order valence-electron chi connectivity index (χ2n) is 4.14. The summed E-state index contributed by atoms with van der Waals surface area (Å²) in [5.74, 6) is 0. The molecule has 0 atom stereocenters. The highest BCUT2D eigenvalue weighted by molar-refractivity contribution is 7.86. The number of carbonyl (C=O) groups excluding carboxylic acids is 1. The van der Waals surface area contributed by atoms with Crippen LogP contribution in [0.2, 0.25) is 0 Å². The standard InChI is InChI=1S/C10H19NO5S/c1-3-15-10(12)11-8-4-6-9(7-5-8)16-17(2,13)14/h8-9H,3-7H2,1-2H3,(H,11,12)/t8-,9-. The fraction of sp³-hybridized carbons (Fsp3) is 0.900. The summed E-state index contributed by atoms with van der Waals surface area (Å²) < 4.78 is 31.5. The molecule has 0 saturated heterocycles. The Bertz CT molecular complexity index is 346. The van der Waals surface area contributed by atoms with Crippen molar-refractivity contribution in [3.63, 3.8) is 0 Å². The number of carbonyl (C=O) groups is 1. The molecule has 0 unspecified atom stereocenters. The van der Waals surface area contributed by atoms with Crippen LogP contribution in [0.4, 0.5) is 4.79 Å². The highest BCUT2D eigenvalue weighted by Gasteiger charge is 2.25. The van der Waals surface area contributed by atoms with E-state index in [1.807, 2.05) is 0 Å². The van der Waals surface area contributed by atoms with Crippen molar-refractivity contribution in [3.05, 3.63) is 0 Å². The maximum Gasteiger partial charge on any atom is 0.407 e.